The first-order valence-corrected chi connectivity index (χ1v) is 17.2. The van der Waals surface area contributed by atoms with Crippen molar-refractivity contribution in [2.45, 2.75) is 110 Å². The molecule has 1 aliphatic rings. The molecular weight excluding hydrogens is 610 g/mol. The zero-order valence-corrected chi connectivity index (χ0v) is 29.1. The SMILES string of the molecule is CC[C@H](C)[C@H](NC(=O)[C@H]1CCCCN1C)C(=O)N(CCCCc1cn(C)nn1)[C@H](C[C@@H](OC(C)=O)c1nc(C(=O)O)cs1)C(C)C. The number of unbranched alkanes of at least 4 members (excludes halogenated alkanes) is 1. The molecule has 14 heteroatoms. The third kappa shape index (κ3) is 10.3. The number of esters is 1. The molecule has 3 rings (SSSR count). The average Bonchev–Trinajstić information content (AvgIpc) is 3.67. The summed E-state index contributed by atoms with van der Waals surface area (Å²) in [5.41, 5.74) is 0.748. The van der Waals surface area contributed by atoms with Crippen LogP contribution in [0.5, 0.6) is 0 Å². The summed E-state index contributed by atoms with van der Waals surface area (Å²) in [6.45, 7) is 10.6. The fraction of sp³-hybridized carbons (Fsp3) is 0.719. The molecule has 1 aliphatic heterocycles. The number of rotatable bonds is 17. The van der Waals surface area contributed by atoms with Gasteiger partial charge in [0.2, 0.25) is 11.8 Å². The predicted octanol–water partition coefficient (Wildman–Crippen LogP) is 3.86. The second-order valence-corrected chi connectivity index (χ2v) is 13.6. The van der Waals surface area contributed by atoms with Crippen LogP contribution >= 0.6 is 11.3 Å². The van der Waals surface area contributed by atoms with Crippen LogP contribution in [0, 0.1) is 11.8 Å². The molecule has 0 bridgehead atoms. The standard InChI is InChI=1S/C32H51N7O6S/c1-8-21(4)28(34-29(41)25-14-10-11-15-37(25)6)31(42)39(16-12-9-13-23-18-38(7)36-35-23)26(20(2)3)17-27(45-22(5)40)30-33-24(19-46-30)32(43)44/h18-21,25-28H,8-17H2,1-7H3,(H,34,41)(H,43,44)/t21-,25+,26+,27+,28-/m0/s1. The Labute approximate surface area is 276 Å². The second-order valence-electron chi connectivity index (χ2n) is 12.8. The van der Waals surface area contributed by atoms with Gasteiger partial charge < -0.3 is 20.1 Å². The summed E-state index contributed by atoms with van der Waals surface area (Å²) in [5, 5.41) is 22.6. The molecule has 0 radical (unpaired) electrons. The van der Waals surface area contributed by atoms with Crippen molar-refractivity contribution in [2.75, 3.05) is 20.1 Å². The van der Waals surface area contributed by atoms with Crippen molar-refractivity contribution in [3.8, 4) is 0 Å². The Bertz CT molecular complexity index is 1310. The highest BCUT2D eigenvalue weighted by Crippen LogP contribution is 2.32. The Morgan fingerprint density at radius 1 is 1.17 bits per heavy atom. The van der Waals surface area contributed by atoms with Crippen LogP contribution in [-0.2, 0) is 32.6 Å². The van der Waals surface area contributed by atoms with E-state index in [1.807, 2.05) is 52.9 Å². The van der Waals surface area contributed by atoms with E-state index >= 15 is 0 Å². The first-order chi connectivity index (χ1) is 21.8. The Hall–Kier alpha value is -3.39. The van der Waals surface area contributed by atoms with E-state index in [1.54, 1.807) is 4.68 Å². The summed E-state index contributed by atoms with van der Waals surface area (Å²) >= 11 is 1.11. The van der Waals surface area contributed by atoms with E-state index in [4.69, 9.17) is 4.74 Å². The third-order valence-electron chi connectivity index (χ3n) is 8.82. The molecule has 0 aromatic carbocycles. The summed E-state index contributed by atoms with van der Waals surface area (Å²) in [7, 11) is 3.77. The van der Waals surface area contributed by atoms with Crippen molar-refractivity contribution in [3.05, 3.63) is 28.0 Å². The van der Waals surface area contributed by atoms with Gasteiger partial charge in [0.1, 0.15) is 11.0 Å². The van der Waals surface area contributed by atoms with Crippen molar-refractivity contribution < 1.29 is 29.0 Å². The van der Waals surface area contributed by atoms with Crippen molar-refractivity contribution in [1.82, 2.24) is 35.1 Å². The number of carbonyl (C=O) groups is 4. The molecule has 0 saturated carbocycles. The maximum atomic E-state index is 14.7. The normalized spacial score (nSPS) is 18.0. The number of nitrogens with zero attached hydrogens (tertiary/aromatic N) is 6. The van der Waals surface area contributed by atoms with Crippen molar-refractivity contribution >= 4 is 35.1 Å². The van der Waals surface area contributed by atoms with E-state index in [0.717, 1.165) is 49.3 Å². The Kier molecular flexibility index (Phi) is 14.1. The summed E-state index contributed by atoms with van der Waals surface area (Å²) in [6, 6.07) is -1.41. The molecule has 0 unspecified atom stereocenters. The number of aryl methyl sites for hydroxylation is 2. The molecule has 5 atom stereocenters. The quantitative estimate of drug-likeness (QED) is 0.188. The van der Waals surface area contributed by atoms with Crippen LogP contribution in [0.3, 0.4) is 0 Å². The molecule has 256 valence electrons. The van der Waals surface area contributed by atoms with Gasteiger partial charge in [0, 0.05) is 44.6 Å². The zero-order valence-electron chi connectivity index (χ0n) is 28.3. The molecule has 1 saturated heterocycles. The number of piperidine rings is 1. The van der Waals surface area contributed by atoms with Crippen LogP contribution in [0.2, 0.25) is 0 Å². The lowest BCUT2D eigenvalue weighted by Crippen LogP contribution is -2.59. The number of likely N-dealkylation sites (N-methyl/N-ethyl adjacent to an activating group) is 1. The minimum Gasteiger partial charge on any atom is -0.476 e. The largest absolute Gasteiger partial charge is 0.476 e. The number of hydrogen-bond donors (Lipinski definition) is 2. The molecule has 46 heavy (non-hydrogen) atoms. The molecular formula is C32H51N7O6S. The van der Waals surface area contributed by atoms with Crippen LogP contribution < -0.4 is 5.32 Å². The Balaban J connectivity index is 1.93. The highest BCUT2D eigenvalue weighted by Gasteiger charge is 2.38. The Morgan fingerprint density at radius 2 is 1.91 bits per heavy atom. The van der Waals surface area contributed by atoms with Crippen molar-refractivity contribution in [2.24, 2.45) is 18.9 Å². The van der Waals surface area contributed by atoms with Gasteiger partial charge in [-0.15, -0.1) is 16.4 Å². The summed E-state index contributed by atoms with van der Waals surface area (Å²) in [4.78, 5) is 60.1. The van der Waals surface area contributed by atoms with Gasteiger partial charge in [-0.1, -0.05) is 45.7 Å². The number of carbonyl (C=O) groups excluding carboxylic acids is 3. The van der Waals surface area contributed by atoms with E-state index in [1.165, 1.54) is 12.3 Å². The highest BCUT2D eigenvalue weighted by atomic mass is 32.1. The molecule has 0 spiro atoms. The molecule has 3 heterocycles. The van der Waals surface area contributed by atoms with Gasteiger partial charge >= 0.3 is 11.9 Å². The van der Waals surface area contributed by atoms with Crippen molar-refractivity contribution in [1.29, 1.82) is 0 Å². The maximum Gasteiger partial charge on any atom is 0.355 e. The first kappa shape index (κ1) is 37.1. The van der Waals surface area contributed by atoms with E-state index < -0.39 is 30.1 Å². The van der Waals surface area contributed by atoms with Gasteiger partial charge in [-0.3, -0.25) is 24.0 Å². The number of carboxylic acids is 1. The monoisotopic (exact) mass is 661 g/mol. The minimum absolute atomic E-state index is 0.0568. The van der Waals surface area contributed by atoms with E-state index in [2.05, 4.69) is 25.5 Å². The highest BCUT2D eigenvalue weighted by molar-refractivity contribution is 7.09. The lowest BCUT2D eigenvalue weighted by molar-refractivity contribution is -0.149. The number of nitrogens with one attached hydrogen (secondary N) is 1. The van der Waals surface area contributed by atoms with E-state index in [-0.39, 0.29) is 41.8 Å². The maximum absolute atomic E-state index is 14.7. The molecule has 2 N–H and O–H groups in total. The molecule has 0 aliphatic carbocycles. The first-order valence-electron chi connectivity index (χ1n) is 16.3. The topological polar surface area (TPSA) is 160 Å². The van der Waals surface area contributed by atoms with Gasteiger partial charge in [-0.2, -0.15) is 0 Å². The summed E-state index contributed by atoms with van der Waals surface area (Å²) in [5.74, 6) is -2.18. The van der Waals surface area contributed by atoms with Gasteiger partial charge in [0.25, 0.3) is 0 Å². The molecule has 13 nitrogen and oxygen atoms in total. The third-order valence-corrected chi connectivity index (χ3v) is 9.75. The fourth-order valence-corrected chi connectivity index (χ4v) is 6.80. The summed E-state index contributed by atoms with van der Waals surface area (Å²) in [6.07, 6.45) is 6.86. The number of hydrogen-bond acceptors (Lipinski definition) is 10. The number of amides is 2. The molecule has 2 aromatic heterocycles. The van der Waals surface area contributed by atoms with Crippen LogP contribution in [0.1, 0.15) is 107 Å². The van der Waals surface area contributed by atoms with Gasteiger partial charge in [-0.25, -0.2) is 9.78 Å². The van der Waals surface area contributed by atoms with Crippen LogP contribution in [0.4, 0.5) is 0 Å². The zero-order chi connectivity index (χ0) is 34.0. The lowest BCUT2D eigenvalue weighted by Gasteiger charge is -2.40. The number of aromatic carboxylic acids is 1. The minimum atomic E-state index is -1.17. The van der Waals surface area contributed by atoms with Crippen LogP contribution in [-0.4, -0.2) is 96.9 Å². The van der Waals surface area contributed by atoms with Crippen LogP contribution in [0.25, 0.3) is 0 Å². The predicted molar refractivity (Wildman–Crippen MR) is 174 cm³/mol. The van der Waals surface area contributed by atoms with Gasteiger partial charge in [-0.05, 0) is 57.5 Å². The fourth-order valence-electron chi connectivity index (χ4n) is 5.97. The number of thiazole rings is 1. The number of likely N-dealkylation sites (tertiary alicyclic amines) is 1. The van der Waals surface area contributed by atoms with Gasteiger partial charge in [0.05, 0.1) is 11.7 Å². The second kappa shape index (κ2) is 17.5. The number of aromatic nitrogens is 4. The molecule has 2 amide bonds. The van der Waals surface area contributed by atoms with E-state index in [9.17, 15) is 24.3 Å². The van der Waals surface area contributed by atoms with Crippen LogP contribution in [0.15, 0.2) is 11.6 Å². The molecule has 2 aromatic rings. The Morgan fingerprint density at radius 3 is 2.48 bits per heavy atom. The average molecular weight is 662 g/mol. The van der Waals surface area contributed by atoms with E-state index in [0.29, 0.717) is 30.8 Å². The van der Waals surface area contributed by atoms with Gasteiger partial charge in [0.15, 0.2) is 11.8 Å². The number of ether oxygens (including phenoxy) is 1. The van der Waals surface area contributed by atoms with Crippen molar-refractivity contribution in [3.63, 3.8) is 0 Å². The summed E-state index contributed by atoms with van der Waals surface area (Å²) < 4.78 is 7.36. The lowest BCUT2D eigenvalue weighted by atomic mass is 9.91. The molecule has 1 fully saturated rings. The number of carboxylic acid groups (broad SMARTS) is 1. The smallest absolute Gasteiger partial charge is 0.355 e.